The molecule has 0 aliphatic rings. The first-order chi connectivity index (χ1) is 9.62. The van der Waals surface area contributed by atoms with Crippen LogP contribution in [0.5, 0.6) is 0 Å². The molecule has 0 saturated heterocycles. The van der Waals surface area contributed by atoms with Crippen molar-refractivity contribution < 1.29 is 15.1 Å². The van der Waals surface area contributed by atoms with E-state index >= 15 is 0 Å². The predicted octanol–water partition coefficient (Wildman–Crippen LogP) is 0.577. The molecule has 0 fully saturated rings. The largest absolute Gasteiger partial charge is 0.409 e. The molecule has 0 heterocycles. The average molecular weight is 281 g/mol. The van der Waals surface area contributed by atoms with Gasteiger partial charge in [0.2, 0.25) is 0 Å². The Morgan fingerprint density at radius 1 is 1.50 bits per heavy atom. The number of nitrogens with one attached hydrogen (secondary N) is 1. The van der Waals surface area contributed by atoms with Gasteiger partial charge in [-0.25, -0.2) is 0 Å². The van der Waals surface area contributed by atoms with E-state index in [-0.39, 0.29) is 18.5 Å². The standard InChI is InChI=1S/C14H23N3O3/c1-10-7-11(14(15)17-19)3-4-12(10)8-16-13(5-6-18)9-20-2/h3-4,7,13,16,18-19H,5-6,8-9H2,1-2H3,(H2,15,17). The minimum atomic E-state index is 0.102. The molecule has 20 heavy (non-hydrogen) atoms. The smallest absolute Gasteiger partial charge is 0.170 e. The van der Waals surface area contributed by atoms with E-state index in [9.17, 15) is 0 Å². The number of hydrogen-bond acceptors (Lipinski definition) is 5. The number of ether oxygens (including phenoxy) is 1. The van der Waals surface area contributed by atoms with Crippen molar-refractivity contribution in [2.75, 3.05) is 20.3 Å². The Bertz CT molecular complexity index is 443. The highest BCUT2D eigenvalue weighted by molar-refractivity contribution is 5.97. The molecule has 112 valence electrons. The third-order valence-corrected chi connectivity index (χ3v) is 3.17. The van der Waals surface area contributed by atoms with Gasteiger partial charge in [-0.2, -0.15) is 0 Å². The number of aliphatic hydroxyl groups is 1. The fourth-order valence-corrected chi connectivity index (χ4v) is 1.97. The van der Waals surface area contributed by atoms with E-state index in [4.69, 9.17) is 20.8 Å². The topological polar surface area (TPSA) is 100 Å². The first kappa shape index (κ1) is 16.4. The highest BCUT2D eigenvalue weighted by atomic mass is 16.5. The molecule has 0 radical (unpaired) electrons. The van der Waals surface area contributed by atoms with E-state index < -0.39 is 0 Å². The maximum absolute atomic E-state index is 8.99. The number of methoxy groups -OCH3 is 1. The molecule has 1 aromatic carbocycles. The number of aliphatic hydroxyl groups excluding tert-OH is 1. The van der Waals surface area contributed by atoms with Gasteiger partial charge in [0.1, 0.15) is 0 Å². The zero-order chi connectivity index (χ0) is 15.0. The van der Waals surface area contributed by atoms with E-state index in [1.807, 2.05) is 25.1 Å². The van der Waals surface area contributed by atoms with Crippen molar-refractivity contribution in [3.8, 4) is 0 Å². The molecule has 5 N–H and O–H groups in total. The molecule has 0 amide bonds. The summed E-state index contributed by atoms with van der Waals surface area (Å²) in [5.74, 6) is 0.102. The molecule has 0 aliphatic carbocycles. The second kappa shape index (κ2) is 8.52. The maximum atomic E-state index is 8.99. The fraction of sp³-hybridized carbons (Fsp3) is 0.500. The Kier molecular flexibility index (Phi) is 7.00. The van der Waals surface area contributed by atoms with E-state index in [1.165, 1.54) is 0 Å². The number of nitrogens with zero attached hydrogens (tertiary/aromatic N) is 1. The Balaban J connectivity index is 2.68. The normalized spacial score (nSPS) is 13.4. The summed E-state index contributed by atoms with van der Waals surface area (Å²) in [6.45, 7) is 3.34. The van der Waals surface area contributed by atoms with Crippen LogP contribution < -0.4 is 11.1 Å². The van der Waals surface area contributed by atoms with Crippen molar-refractivity contribution in [1.82, 2.24) is 5.32 Å². The number of amidine groups is 1. The molecule has 1 aromatic rings. The summed E-state index contributed by atoms with van der Waals surface area (Å²) in [6.07, 6.45) is 0.648. The number of hydrogen-bond donors (Lipinski definition) is 4. The van der Waals surface area contributed by atoms with Crippen LogP contribution in [0.3, 0.4) is 0 Å². The monoisotopic (exact) mass is 281 g/mol. The lowest BCUT2D eigenvalue weighted by atomic mass is 10.0. The van der Waals surface area contributed by atoms with Crippen LogP contribution in [0.1, 0.15) is 23.1 Å². The quantitative estimate of drug-likeness (QED) is 0.242. The minimum Gasteiger partial charge on any atom is -0.409 e. The van der Waals surface area contributed by atoms with Gasteiger partial charge in [-0.15, -0.1) is 0 Å². The lowest BCUT2D eigenvalue weighted by molar-refractivity contribution is 0.148. The predicted molar refractivity (Wildman–Crippen MR) is 77.9 cm³/mol. The second-order valence-electron chi connectivity index (χ2n) is 4.67. The van der Waals surface area contributed by atoms with Crippen LogP contribution in [0.25, 0.3) is 0 Å². The van der Waals surface area contributed by atoms with Crippen molar-refractivity contribution in [3.63, 3.8) is 0 Å². The number of aryl methyl sites for hydroxylation is 1. The van der Waals surface area contributed by atoms with E-state index in [1.54, 1.807) is 7.11 Å². The van der Waals surface area contributed by atoms with Gasteiger partial charge in [-0.05, 0) is 30.5 Å². The molecule has 0 bridgehead atoms. The summed E-state index contributed by atoms with van der Waals surface area (Å²) in [6, 6.07) is 5.76. The van der Waals surface area contributed by atoms with Crippen LogP contribution in [-0.2, 0) is 11.3 Å². The van der Waals surface area contributed by atoms with Crippen molar-refractivity contribution in [2.24, 2.45) is 10.9 Å². The summed E-state index contributed by atoms with van der Waals surface area (Å²) in [5.41, 5.74) is 8.43. The second-order valence-corrected chi connectivity index (χ2v) is 4.67. The first-order valence-corrected chi connectivity index (χ1v) is 6.53. The Labute approximate surface area is 119 Å². The van der Waals surface area contributed by atoms with Crippen LogP contribution >= 0.6 is 0 Å². The Morgan fingerprint density at radius 3 is 2.80 bits per heavy atom. The SMILES string of the molecule is COCC(CCO)NCc1ccc(/C(N)=N/O)cc1C. The fourth-order valence-electron chi connectivity index (χ4n) is 1.97. The molecule has 0 aromatic heterocycles. The maximum Gasteiger partial charge on any atom is 0.170 e. The molecule has 6 nitrogen and oxygen atoms in total. The van der Waals surface area contributed by atoms with Gasteiger partial charge in [-0.1, -0.05) is 17.3 Å². The van der Waals surface area contributed by atoms with E-state index in [0.717, 1.165) is 11.1 Å². The van der Waals surface area contributed by atoms with Crippen LogP contribution in [-0.4, -0.2) is 42.5 Å². The molecule has 6 heteroatoms. The van der Waals surface area contributed by atoms with Gasteiger partial charge in [0.05, 0.1) is 6.61 Å². The highest BCUT2D eigenvalue weighted by Crippen LogP contribution is 2.11. The van der Waals surface area contributed by atoms with Crippen LogP contribution in [0, 0.1) is 6.92 Å². The van der Waals surface area contributed by atoms with Crippen molar-refractivity contribution in [2.45, 2.75) is 25.9 Å². The Morgan fingerprint density at radius 2 is 2.25 bits per heavy atom. The highest BCUT2D eigenvalue weighted by Gasteiger charge is 2.09. The van der Waals surface area contributed by atoms with Crippen LogP contribution in [0.15, 0.2) is 23.4 Å². The van der Waals surface area contributed by atoms with Gasteiger partial charge >= 0.3 is 0 Å². The third kappa shape index (κ3) is 4.80. The van der Waals surface area contributed by atoms with Gasteiger partial charge in [0.25, 0.3) is 0 Å². The summed E-state index contributed by atoms with van der Waals surface area (Å²) in [7, 11) is 1.64. The van der Waals surface area contributed by atoms with Crippen molar-refractivity contribution >= 4 is 5.84 Å². The van der Waals surface area contributed by atoms with Crippen LogP contribution in [0.2, 0.25) is 0 Å². The molecule has 0 spiro atoms. The minimum absolute atomic E-state index is 0.102. The molecular formula is C14H23N3O3. The van der Waals surface area contributed by atoms with Crippen molar-refractivity contribution in [1.29, 1.82) is 0 Å². The molecule has 1 unspecified atom stereocenters. The summed E-state index contributed by atoms with van der Waals surface area (Å²) in [4.78, 5) is 0. The number of nitrogens with two attached hydrogens (primary N) is 1. The Hall–Kier alpha value is -1.63. The van der Waals surface area contributed by atoms with E-state index in [2.05, 4.69) is 10.5 Å². The lowest BCUT2D eigenvalue weighted by Crippen LogP contribution is -2.33. The lowest BCUT2D eigenvalue weighted by Gasteiger charge is -2.18. The summed E-state index contributed by atoms with van der Waals surface area (Å²) >= 11 is 0. The molecule has 0 aliphatic heterocycles. The first-order valence-electron chi connectivity index (χ1n) is 6.53. The molecular weight excluding hydrogens is 258 g/mol. The number of rotatable bonds is 8. The third-order valence-electron chi connectivity index (χ3n) is 3.17. The summed E-state index contributed by atoms with van der Waals surface area (Å²) in [5, 5.41) is 24.0. The zero-order valence-electron chi connectivity index (χ0n) is 12.0. The zero-order valence-corrected chi connectivity index (χ0v) is 12.0. The molecule has 1 atom stereocenters. The van der Waals surface area contributed by atoms with Gasteiger partial charge in [0.15, 0.2) is 5.84 Å². The van der Waals surface area contributed by atoms with E-state index in [0.29, 0.717) is 25.1 Å². The molecule has 0 saturated carbocycles. The molecule has 1 rings (SSSR count). The number of benzene rings is 1. The van der Waals surface area contributed by atoms with Gasteiger partial charge < -0.3 is 26.1 Å². The van der Waals surface area contributed by atoms with Crippen LogP contribution in [0.4, 0.5) is 0 Å². The van der Waals surface area contributed by atoms with Gasteiger partial charge in [-0.3, -0.25) is 0 Å². The van der Waals surface area contributed by atoms with Gasteiger partial charge in [0, 0.05) is 31.9 Å². The average Bonchev–Trinajstić information content (AvgIpc) is 2.45. The number of oxime groups is 1. The van der Waals surface area contributed by atoms with Crippen molar-refractivity contribution in [3.05, 3.63) is 34.9 Å². The summed E-state index contributed by atoms with van der Waals surface area (Å²) < 4.78 is 5.11.